The van der Waals surface area contributed by atoms with Crippen molar-refractivity contribution in [1.29, 1.82) is 0 Å². The van der Waals surface area contributed by atoms with Crippen LogP contribution < -0.4 is 5.32 Å². The molecule has 1 atom stereocenters. The predicted octanol–water partition coefficient (Wildman–Crippen LogP) is 3.22. The van der Waals surface area contributed by atoms with Crippen LogP contribution in [-0.4, -0.2) is 18.6 Å². The molecule has 1 aromatic carbocycles. The lowest BCUT2D eigenvalue weighted by atomic mass is 9.86. The highest BCUT2D eigenvalue weighted by Crippen LogP contribution is 2.24. The molecule has 1 unspecified atom stereocenters. The molecule has 0 aromatic heterocycles. The quantitative estimate of drug-likeness (QED) is 0.837. The van der Waals surface area contributed by atoms with Gasteiger partial charge in [-0.3, -0.25) is 0 Å². The van der Waals surface area contributed by atoms with Gasteiger partial charge in [0.2, 0.25) is 0 Å². The monoisotopic (exact) mass is 253 g/mol. The molecule has 1 N–H and O–H groups in total. The first-order valence-corrected chi connectivity index (χ1v) is 6.03. The van der Waals surface area contributed by atoms with Crippen molar-refractivity contribution in [2.24, 2.45) is 5.41 Å². The minimum absolute atomic E-state index is 0.321. The second-order valence-corrected chi connectivity index (χ2v) is 5.21. The molecule has 1 rings (SSSR count). The van der Waals surface area contributed by atoms with Crippen LogP contribution in [0.25, 0.3) is 0 Å². The normalized spacial score (nSPS) is 12.9. The number of benzene rings is 1. The summed E-state index contributed by atoms with van der Waals surface area (Å²) in [6, 6.07) is 5.53. The first kappa shape index (κ1) is 14.5. The molecular formula is C14H20FNO2. The summed E-state index contributed by atoms with van der Waals surface area (Å²) < 4.78 is 18.1. The fourth-order valence-corrected chi connectivity index (χ4v) is 1.60. The fraction of sp³-hybridized carbons (Fsp3) is 0.500. The van der Waals surface area contributed by atoms with Crippen LogP contribution in [0.5, 0.6) is 0 Å². The van der Waals surface area contributed by atoms with Gasteiger partial charge < -0.3 is 10.1 Å². The second-order valence-electron chi connectivity index (χ2n) is 5.21. The maximum absolute atomic E-state index is 13.1. The second kappa shape index (κ2) is 5.85. The maximum Gasteiger partial charge on any atom is 0.329 e. The standard InChI is InChI=1S/C14H20FNO2/c1-5-18-13(17)12(14(2,3)4)16-11-8-6-7-10(15)9-11/h6-9,12,16H,5H2,1-4H3. The van der Waals surface area contributed by atoms with E-state index in [-0.39, 0.29) is 17.2 Å². The third-order valence-corrected chi connectivity index (χ3v) is 2.52. The minimum Gasteiger partial charge on any atom is -0.464 e. The first-order valence-electron chi connectivity index (χ1n) is 6.03. The summed E-state index contributed by atoms with van der Waals surface area (Å²) in [4.78, 5) is 11.9. The molecule has 0 aliphatic carbocycles. The molecule has 0 heterocycles. The Bertz CT molecular complexity index is 413. The van der Waals surface area contributed by atoms with E-state index in [0.717, 1.165) is 0 Å². The largest absolute Gasteiger partial charge is 0.464 e. The third-order valence-electron chi connectivity index (χ3n) is 2.52. The van der Waals surface area contributed by atoms with E-state index >= 15 is 0 Å². The Morgan fingerprint density at radius 1 is 1.44 bits per heavy atom. The minimum atomic E-state index is -0.515. The lowest BCUT2D eigenvalue weighted by molar-refractivity contribution is -0.146. The lowest BCUT2D eigenvalue weighted by Gasteiger charge is -2.30. The van der Waals surface area contributed by atoms with Crippen molar-refractivity contribution in [3.05, 3.63) is 30.1 Å². The summed E-state index contributed by atoms with van der Waals surface area (Å²) >= 11 is 0. The van der Waals surface area contributed by atoms with E-state index in [4.69, 9.17) is 4.74 Å². The van der Waals surface area contributed by atoms with Crippen LogP contribution in [0, 0.1) is 11.2 Å². The van der Waals surface area contributed by atoms with Crippen molar-refractivity contribution < 1.29 is 13.9 Å². The molecule has 18 heavy (non-hydrogen) atoms. The van der Waals surface area contributed by atoms with Gasteiger partial charge in [0, 0.05) is 5.69 Å². The van der Waals surface area contributed by atoms with Gasteiger partial charge in [-0.25, -0.2) is 9.18 Å². The predicted molar refractivity (Wildman–Crippen MR) is 69.9 cm³/mol. The number of hydrogen-bond donors (Lipinski definition) is 1. The summed E-state index contributed by atoms with van der Waals surface area (Å²) in [5.74, 6) is -0.661. The summed E-state index contributed by atoms with van der Waals surface area (Å²) in [5, 5.41) is 3.03. The topological polar surface area (TPSA) is 38.3 Å². The van der Waals surface area contributed by atoms with Gasteiger partial charge in [-0.15, -0.1) is 0 Å². The average molecular weight is 253 g/mol. The number of halogens is 1. The van der Waals surface area contributed by atoms with Crippen molar-refractivity contribution in [1.82, 2.24) is 0 Å². The Balaban J connectivity index is 2.89. The van der Waals surface area contributed by atoms with Crippen LogP contribution in [0.4, 0.5) is 10.1 Å². The number of nitrogens with one attached hydrogen (secondary N) is 1. The zero-order valence-electron chi connectivity index (χ0n) is 11.3. The Hall–Kier alpha value is -1.58. The smallest absolute Gasteiger partial charge is 0.329 e. The highest BCUT2D eigenvalue weighted by Gasteiger charge is 2.32. The van der Waals surface area contributed by atoms with Crippen molar-refractivity contribution in [2.45, 2.75) is 33.7 Å². The number of rotatable bonds is 4. The molecule has 0 spiro atoms. The highest BCUT2D eigenvalue weighted by atomic mass is 19.1. The van der Waals surface area contributed by atoms with Gasteiger partial charge in [0.05, 0.1) is 6.61 Å². The van der Waals surface area contributed by atoms with Crippen LogP contribution in [0.2, 0.25) is 0 Å². The van der Waals surface area contributed by atoms with E-state index in [1.807, 2.05) is 20.8 Å². The Morgan fingerprint density at radius 3 is 2.61 bits per heavy atom. The van der Waals surface area contributed by atoms with E-state index < -0.39 is 6.04 Å². The molecule has 0 amide bonds. The Morgan fingerprint density at radius 2 is 2.11 bits per heavy atom. The summed E-state index contributed by atoms with van der Waals surface area (Å²) in [6.07, 6.45) is 0. The molecular weight excluding hydrogens is 233 g/mol. The molecule has 0 saturated heterocycles. The number of carbonyl (C=O) groups excluding carboxylic acids is 1. The van der Waals surface area contributed by atoms with Crippen molar-refractivity contribution in [3.8, 4) is 0 Å². The molecule has 3 nitrogen and oxygen atoms in total. The SMILES string of the molecule is CCOC(=O)C(Nc1cccc(F)c1)C(C)(C)C. The van der Waals surface area contributed by atoms with Crippen molar-refractivity contribution in [2.75, 3.05) is 11.9 Å². The number of ether oxygens (including phenoxy) is 1. The van der Waals surface area contributed by atoms with E-state index in [9.17, 15) is 9.18 Å². The molecule has 0 fully saturated rings. The van der Waals surface area contributed by atoms with E-state index in [0.29, 0.717) is 12.3 Å². The van der Waals surface area contributed by atoms with Gasteiger partial charge in [-0.05, 0) is 30.5 Å². The Labute approximate surface area is 107 Å². The lowest BCUT2D eigenvalue weighted by Crippen LogP contribution is -2.42. The third kappa shape index (κ3) is 4.02. The fourth-order valence-electron chi connectivity index (χ4n) is 1.60. The van der Waals surface area contributed by atoms with Gasteiger partial charge in [-0.2, -0.15) is 0 Å². The summed E-state index contributed by atoms with van der Waals surface area (Å²) in [6.45, 7) is 7.89. The summed E-state index contributed by atoms with van der Waals surface area (Å²) in [7, 11) is 0. The Kier molecular flexibility index (Phi) is 4.70. The van der Waals surface area contributed by atoms with Gasteiger partial charge in [0.15, 0.2) is 0 Å². The van der Waals surface area contributed by atoms with Gasteiger partial charge >= 0.3 is 5.97 Å². The molecule has 0 aliphatic rings. The molecule has 0 saturated carbocycles. The van der Waals surface area contributed by atoms with Crippen LogP contribution in [0.3, 0.4) is 0 Å². The molecule has 0 radical (unpaired) electrons. The molecule has 4 heteroatoms. The number of carbonyl (C=O) groups is 1. The number of esters is 1. The van der Waals surface area contributed by atoms with Crippen molar-refractivity contribution >= 4 is 11.7 Å². The molecule has 1 aromatic rings. The van der Waals surface area contributed by atoms with Crippen LogP contribution >= 0.6 is 0 Å². The van der Waals surface area contributed by atoms with Crippen LogP contribution in [-0.2, 0) is 9.53 Å². The van der Waals surface area contributed by atoms with Gasteiger partial charge in [0.25, 0.3) is 0 Å². The van der Waals surface area contributed by atoms with Gasteiger partial charge in [-0.1, -0.05) is 26.8 Å². The zero-order valence-corrected chi connectivity index (χ0v) is 11.3. The first-order chi connectivity index (χ1) is 8.34. The van der Waals surface area contributed by atoms with E-state index in [1.165, 1.54) is 12.1 Å². The van der Waals surface area contributed by atoms with Crippen molar-refractivity contribution in [3.63, 3.8) is 0 Å². The molecule has 0 aliphatic heterocycles. The summed E-state index contributed by atoms with van der Waals surface area (Å²) in [5.41, 5.74) is 0.251. The van der Waals surface area contributed by atoms with Crippen LogP contribution in [0.15, 0.2) is 24.3 Å². The number of hydrogen-bond acceptors (Lipinski definition) is 3. The number of anilines is 1. The molecule has 0 bridgehead atoms. The van der Waals surface area contributed by atoms with Crippen LogP contribution in [0.1, 0.15) is 27.7 Å². The highest BCUT2D eigenvalue weighted by molar-refractivity contribution is 5.80. The zero-order chi connectivity index (χ0) is 13.8. The van der Waals surface area contributed by atoms with E-state index in [1.54, 1.807) is 19.1 Å². The maximum atomic E-state index is 13.1. The van der Waals surface area contributed by atoms with Gasteiger partial charge in [0.1, 0.15) is 11.9 Å². The molecule has 100 valence electrons. The average Bonchev–Trinajstić information content (AvgIpc) is 2.24. The van der Waals surface area contributed by atoms with E-state index in [2.05, 4.69) is 5.32 Å².